The molecule has 1 aliphatic rings. The zero-order valence-electron chi connectivity index (χ0n) is 18.5. The van der Waals surface area contributed by atoms with E-state index in [0.717, 1.165) is 24.3 Å². The molecule has 2 atom stereocenters. The summed E-state index contributed by atoms with van der Waals surface area (Å²) in [4.78, 5) is 28.6. The van der Waals surface area contributed by atoms with Gasteiger partial charge < -0.3 is 10.2 Å². The second kappa shape index (κ2) is 10.7. The van der Waals surface area contributed by atoms with Crippen LogP contribution in [-0.4, -0.2) is 54.3 Å². The van der Waals surface area contributed by atoms with Crippen molar-refractivity contribution in [2.75, 3.05) is 20.6 Å². The van der Waals surface area contributed by atoms with Crippen LogP contribution in [0.3, 0.4) is 0 Å². The molecule has 2 rings (SSSR count). The van der Waals surface area contributed by atoms with Crippen LogP contribution in [0.1, 0.15) is 64.5 Å². The SMILES string of the molecule is CCC1CCC(N(CC(=O)NC(C)C(=O)N(C)C)C(C)c2ccc(F)cc2)CC1. The number of halogens is 1. The minimum absolute atomic E-state index is 0.00983. The number of rotatable bonds is 8. The van der Waals surface area contributed by atoms with Crippen LogP contribution in [0.25, 0.3) is 0 Å². The summed E-state index contributed by atoms with van der Waals surface area (Å²) in [5.74, 6) is 0.227. The average Bonchev–Trinajstić information content (AvgIpc) is 2.71. The van der Waals surface area contributed by atoms with Gasteiger partial charge in [0.1, 0.15) is 11.9 Å². The molecule has 0 heterocycles. The lowest BCUT2D eigenvalue weighted by Gasteiger charge is -2.40. The molecule has 0 spiro atoms. The highest BCUT2D eigenvalue weighted by atomic mass is 19.1. The quantitative estimate of drug-likeness (QED) is 0.717. The van der Waals surface area contributed by atoms with Gasteiger partial charge in [0, 0.05) is 26.2 Å². The normalized spacial score (nSPS) is 21.5. The Bertz CT molecular complexity index is 669. The predicted molar refractivity (Wildman–Crippen MR) is 114 cm³/mol. The fourth-order valence-electron chi connectivity index (χ4n) is 4.30. The first-order valence-corrected chi connectivity index (χ1v) is 10.7. The van der Waals surface area contributed by atoms with Crippen molar-refractivity contribution < 1.29 is 14.0 Å². The van der Waals surface area contributed by atoms with Gasteiger partial charge >= 0.3 is 0 Å². The van der Waals surface area contributed by atoms with E-state index in [1.807, 2.05) is 0 Å². The van der Waals surface area contributed by atoms with E-state index < -0.39 is 6.04 Å². The lowest BCUT2D eigenvalue weighted by molar-refractivity contribution is -0.134. The number of nitrogens with zero attached hydrogens (tertiary/aromatic N) is 2. The summed E-state index contributed by atoms with van der Waals surface area (Å²) in [6.45, 7) is 6.24. The Hall–Kier alpha value is -1.95. The molecule has 6 heteroatoms. The van der Waals surface area contributed by atoms with Crippen LogP contribution >= 0.6 is 0 Å². The lowest BCUT2D eigenvalue weighted by Crippen LogP contribution is -2.50. The molecule has 2 unspecified atom stereocenters. The van der Waals surface area contributed by atoms with E-state index in [0.29, 0.717) is 6.04 Å². The molecular formula is C23H36FN3O2. The Morgan fingerprint density at radius 1 is 1.10 bits per heavy atom. The summed E-state index contributed by atoms with van der Waals surface area (Å²) in [6.07, 6.45) is 5.66. The third-order valence-corrected chi connectivity index (χ3v) is 6.23. The van der Waals surface area contributed by atoms with Gasteiger partial charge in [-0.3, -0.25) is 14.5 Å². The van der Waals surface area contributed by atoms with Gasteiger partial charge in [0.15, 0.2) is 0 Å². The van der Waals surface area contributed by atoms with Crippen LogP contribution in [0, 0.1) is 11.7 Å². The number of carbonyl (C=O) groups excluding carboxylic acids is 2. The molecule has 1 aromatic carbocycles. The van der Waals surface area contributed by atoms with Gasteiger partial charge in [-0.05, 0) is 63.1 Å². The number of amides is 2. The van der Waals surface area contributed by atoms with E-state index in [1.54, 1.807) is 33.2 Å². The number of hydrogen-bond donors (Lipinski definition) is 1. The topological polar surface area (TPSA) is 52.7 Å². The molecular weight excluding hydrogens is 369 g/mol. The van der Waals surface area contributed by atoms with Crippen molar-refractivity contribution in [2.24, 2.45) is 5.92 Å². The Labute approximate surface area is 174 Å². The Balaban J connectivity index is 2.12. The summed E-state index contributed by atoms with van der Waals surface area (Å²) in [6, 6.07) is 6.26. The fraction of sp³-hybridized carbons (Fsp3) is 0.652. The van der Waals surface area contributed by atoms with Gasteiger partial charge in [-0.25, -0.2) is 4.39 Å². The maximum Gasteiger partial charge on any atom is 0.244 e. The van der Waals surface area contributed by atoms with Crippen LogP contribution < -0.4 is 5.32 Å². The smallest absolute Gasteiger partial charge is 0.244 e. The minimum atomic E-state index is -0.559. The Morgan fingerprint density at radius 2 is 1.69 bits per heavy atom. The van der Waals surface area contributed by atoms with E-state index in [4.69, 9.17) is 0 Å². The maximum atomic E-state index is 13.4. The summed E-state index contributed by atoms with van der Waals surface area (Å²) in [5, 5.41) is 2.83. The summed E-state index contributed by atoms with van der Waals surface area (Å²) in [5.41, 5.74) is 0.995. The van der Waals surface area contributed by atoms with E-state index in [1.165, 1.54) is 36.3 Å². The van der Waals surface area contributed by atoms with Crippen LogP contribution in [0.4, 0.5) is 4.39 Å². The van der Waals surface area contributed by atoms with Gasteiger partial charge in [0.25, 0.3) is 0 Å². The van der Waals surface area contributed by atoms with Crippen molar-refractivity contribution in [3.63, 3.8) is 0 Å². The molecule has 1 aliphatic carbocycles. The molecule has 1 aromatic rings. The first-order chi connectivity index (χ1) is 13.7. The molecule has 0 saturated heterocycles. The van der Waals surface area contributed by atoms with Crippen LogP contribution in [-0.2, 0) is 9.59 Å². The molecule has 1 saturated carbocycles. The van der Waals surface area contributed by atoms with Crippen molar-refractivity contribution in [3.05, 3.63) is 35.6 Å². The van der Waals surface area contributed by atoms with Gasteiger partial charge in [-0.1, -0.05) is 25.5 Å². The zero-order valence-corrected chi connectivity index (χ0v) is 18.5. The number of hydrogen-bond acceptors (Lipinski definition) is 3. The number of nitrogens with one attached hydrogen (secondary N) is 1. The van der Waals surface area contributed by atoms with Gasteiger partial charge in [-0.15, -0.1) is 0 Å². The summed E-state index contributed by atoms with van der Waals surface area (Å²) in [7, 11) is 3.36. The maximum absolute atomic E-state index is 13.4. The third-order valence-electron chi connectivity index (χ3n) is 6.23. The molecule has 2 amide bonds. The van der Waals surface area contributed by atoms with Crippen molar-refractivity contribution in [2.45, 2.75) is 71.0 Å². The van der Waals surface area contributed by atoms with Gasteiger partial charge in [-0.2, -0.15) is 0 Å². The first kappa shape index (κ1) is 23.3. The van der Waals surface area contributed by atoms with Gasteiger partial charge in [0.2, 0.25) is 11.8 Å². The van der Waals surface area contributed by atoms with Crippen LogP contribution in [0.15, 0.2) is 24.3 Å². The molecule has 0 bridgehead atoms. The fourth-order valence-corrected chi connectivity index (χ4v) is 4.30. The van der Waals surface area contributed by atoms with E-state index in [2.05, 4.69) is 24.1 Å². The van der Waals surface area contributed by atoms with Gasteiger partial charge in [0.05, 0.1) is 6.54 Å². The van der Waals surface area contributed by atoms with Crippen LogP contribution in [0.2, 0.25) is 0 Å². The summed E-state index contributed by atoms with van der Waals surface area (Å²) < 4.78 is 13.4. The highest BCUT2D eigenvalue weighted by molar-refractivity contribution is 5.87. The molecule has 0 aliphatic heterocycles. The molecule has 162 valence electrons. The summed E-state index contributed by atoms with van der Waals surface area (Å²) >= 11 is 0. The van der Waals surface area contributed by atoms with E-state index >= 15 is 0 Å². The van der Waals surface area contributed by atoms with Crippen molar-refractivity contribution in [3.8, 4) is 0 Å². The molecule has 1 fully saturated rings. The van der Waals surface area contributed by atoms with Crippen LogP contribution in [0.5, 0.6) is 0 Å². The second-order valence-electron chi connectivity index (χ2n) is 8.50. The number of likely N-dealkylation sites (N-methyl/N-ethyl adjacent to an activating group) is 1. The molecule has 0 aromatic heterocycles. The van der Waals surface area contributed by atoms with E-state index in [-0.39, 0.29) is 30.2 Å². The standard InChI is InChI=1S/C23H36FN3O2/c1-6-18-7-13-21(14-8-18)27(17(3)19-9-11-20(24)12-10-19)15-22(28)25-16(2)23(29)26(4)5/h9-12,16-18,21H,6-8,13-15H2,1-5H3,(H,25,28). The molecule has 1 N–H and O–H groups in total. The second-order valence-corrected chi connectivity index (χ2v) is 8.50. The first-order valence-electron chi connectivity index (χ1n) is 10.7. The minimum Gasteiger partial charge on any atom is -0.347 e. The highest BCUT2D eigenvalue weighted by Gasteiger charge is 2.31. The number of benzene rings is 1. The average molecular weight is 406 g/mol. The lowest BCUT2D eigenvalue weighted by atomic mass is 9.83. The predicted octanol–water partition coefficient (Wildman–Crippen LogP) is 3.75. The zero-order chi connectivity index (χ0) is 21.6. The third kappa shape index (κ3) is 6.53. The molecule has 0 radical (unpaired) electrons. The molecule has 5 nitrogen and oxygen atoms in total. The Morgan fingerprint density at radius 3 is 2.21 bits per heavy atom. The number of carbonyl (C=O) groups is 2. The van der Waals surface area contributed by atoms with Crippen molar-refractivity contribution in [1.82, 2.24) is 15.1 Å². The Kier molecular flexibility index (Phi) is 8.62. The molecule has 29 heavy (non-hydrogen) atoms. The largest absolute Gasteiger partial charge is 0.347 e. The van der Waals surface area contributed by atoms with E-state index in [9.17, 15) is 14.0 Å². The van der Waals surface area contributed by atoms with Crippen molar-refractivity contribution >= 4 is 11.8 Å². The highest BCUT2D eigenvalue weighted by Crippen LogP contribution is 2.33. The van der Waals surface area contributed by atoms with Crippen molar-refractivity contribution in [1.29, 1.82) is 0 Å². The monoisotopic (exact) mass is 405 g/mol.